The molecule has 10 nitrogen and oxygen atoms in total. The van der Waals surface area contributed by atoms with E-state index in [0.717, 1.165) is 0 Å². The fraction of sp³-hybridized carbons (Fsp3) is 0. The van der Waals surface area contributed by atoms with Crippen LogP contribution in [-0.2, 0) is 0 Å². The quantitative estimate of drug-likeness (QED) is 0.405. The van der Waals surface area contributed by atoms with Gasteiger partial charge in [0.2, 0.25) is 0 Å². The van der Waals surface area contributed by atoms with Crippen molar-refractivity contribution in [2.45, 2.75) is 0 Å². The minimum atomic E-state index is -0.246. The fourth-order valence-electron chi connectivity index (χ4n) is 3.06. The van der Waals surface area contributed by atoms with Crippen LogP contribution in [0.1, 0.15) is 33.9 Å². The Kier molecular flexibility index (Phi) is 3.83. The molecule has 0 fully saturated rings. The van der Waals surface area contributed by atoms with Crippen molar-refractivity contribution in [2.24, 2.45) is 0 Å². The van der Waals surface area contributed by atoms with Crippen molar-refractivity contribution in [2.75, 3.05) is 0 Å². The molecule has 0 aliphatic heterocycles. The van der Waals surface area contributed by atoms with Crippen LogP contribution in [0.15, 0.2) is 12.1 Å². The number of benzene rings is 1. The summed E-state index contributed by atoms with van der Waals surface area (Å²) in [4.78, 5) is 16.8. The number of fused-ring (bicyclic) bond motifs is 6. The Hall–Kier alpha value is -5.68. The first-order chi connectivity index (χ1) is 14.6. The van der Waals surface area contributed by atoms with Gasteiger partial charge in [-0.05, 0) is 12.1 Å². The van der Waals surface area contributed by atoms with Gasteiger partial charge >= 0.3 is 0 Å². The highest BCUT2D eigenvalue weighted by molar-refractivity contribution is 6.21. The summed E-state index contributed by atoms with van der Waals surface area (Å²) in [5, 5.41) is 56.7. The largest absolute Gasteiger partial charge is 0.233 e. The first-order valence-corrected chi connectivity index (χ1v) is 8.04. The molecule has 0 aliphatic rings. The van der Waals surface area contributed by atoms with E-state index in [2.05, 4.69) is 19.9 Å². The van der Waals surface area contributed by atoms with Gasteiger partial charge in [-0.2, -0.15) is 31.6 Å². The molecule has 0 radical (unpaired) electrons. The van der Waals surface area contributed by atoms with E-state index >= 15 is 0 Å². The highest BCUT2D eigenvalue weighted by Gasteiger charge is 2.20. The van der Waals surface area contributed by atoms with E-state index in [-0.39, 0.29) is 56.0 Å². The molecule has 1 aromatic carbocycles. The number of nitriles is 6. The SMILES string of the molecule is N#Cc1cc2c3cc(C#N)c(C#N)nc3c3nc(C#N)c(C#N)nc3c2nc1C#N. The lowest BCUT2D eigenvalue weighted by Gasteiger charge is -2.10. The van der Waals surface area contributed by atoms with E-state index in [1.807, 2.05) is 24.3 Å². The summed E-state index contributed by atoms with van der Waals surface area (Å²) in [6, 6.07) is 13.8. The molecule has 0 N–H and O–H groups in total. The molecule has 4 rings (SSSR count). The zero-order valence-electron chi connectivity index (χ0n) is 14.6. The van der Waals surface area contributed by atoms with Crippen molar-refractivity contribution in [1.29, 1.82) is 31.6 Å². The van der Waals surface area contributed by atoms with Gasteiger partial charge in [0.25, 0.3) is 0 Å². The van der Waals surface area contributed by atoms with E-state index in [1.165, 1.54) is 12.1 Å². The van der Waals surface area contributed by atoms with E-state index in [4.69, 9.17) is 0 Å². The monoisotopic (exact) mass is 382 g/mol. The lowest BCUT2D eigenvalue weighted by molar-refractivity contribution is 1.19. The predicted molar refractivity (Wildman–Crippen MR) is 98.4 cm³/mol. The number of pyridine rings is 2. The van der Waals surface area contributed by atoms with Crippen LogP contribution in [0.3, 0.4) is 0 Å². The lowest BCUT2D eigenvalue weighted by atomic mass is 10.0. The standard InChI is InChI=1S/C20H2N10/c21-3-9-1-11-12-2-10(4-22)14(6-24)28-18(12)20-19(17(11)27-13(9)5-23)29-15(7-25)16(8-26)30-20/h1-2H. The van der Waals surface area contributed by atoms with Crippen molar-refractivity contribution in [1.82, 2.24) is 19.9 Å². The molecular formula is C20H2N10. The third kappa shape index (κ3) is 2.31. The Morgan fingerprint density at radius 2 is 0.767 bits per heavy atom. The number of nitrogens with zero attached hydrogens (tertiary/aromatic N) is 10. The van der Waals surface area contributed by atoms with Crippen molar-refractivity contribution in [3.8, 4) is 36.4 Å². The molecule has 132 valence electrons. The number of hydrogen-bond acceptors (Lipinski definition) is 10. The van der Waals surface area contributed by atoms with Crippen LogP contribution in [0.5, 0.6) is 0 Å². The summed E-state index contributed by atoms with van der Waals surface area (Å²) in [6.45, 7) is 0. The second-order valence-electron chi connectivity index (χ2n) is 5.85. The molecule has 30 heavy (non-hydrogen) atoms. The molecule has 0 atom stereocenters. The second kappa shape index (κ2) is 6.49. The van der Waals surface area contributed by atoms with Crippen LogP contribution < -0.4 is 0 Å². The number of rotatable bonds is 0. The van der Waals surface area contributed by atoms with Crippen LogP contribution in [0.2, 0.25) is 0 Å². The first-order valence-electron chi connectivity index (χ1n) is 8.04. The molecule has 0 bridgehead atoms. The minimum absolute atomic E-state index is 0.00405. The van der Waals surface area contributed by atoms with Gasteiger partial charge in [0.1, 0.15) is 58.5 Å². The molecule has 0 saturated carbocycles. The van der Waals surface area contributed by atoms with Crippen LogP contribution in [0.25, 0.3) is 32.8 Å². The predicted octanol–water partition coefficient (Wildman–Crippen LogP) is 1.96. The van der Waals surface area contributed by atoms with Crippen molar-refractivity contribution < 1.29 is 0 Å². The summed E-state index contributed by atoms with van der Waals surface area (Å²) in [5.74, 6) is 0. The highest BCUT2D eigenvalue weighted by Crippen LogP contribution is 2.33. The molecule has 0 amide bonds. The van der Waals surface area contributed by atoms with Gasteiger partial charge in [0.05, 0.1) is 11.1 Å². The maximum Gasteiger partial charge on any atom is 0.177 e. The number of aromatic nitrogens is 4. The maximum atomic E-state index is 9.37. The van der Waals surface area contributed by atoms with Gasteiger partial charge in [-0.25, -0.2) is 19.9 Å². The average molecular weight is 382 g/mol. The van der Waals surface area contributed by atoms with E-state index in [0.29, 0.717) is 10.8 Å². The maximum absolute atomic E-state index is 9.37. The Bertz CT molecular complexity index is 1350. The fourth-order valence-corrected chi connectivity index (χ4v) is 3.06. The first kappa shape index (κ1) is 17.7. The summed E-state index contributed by atoms with van der Waals surface area (Å²) < 4.78 is 0. The normalized spacial score (nSPS) is 9.80. The van der Waals surface area contributed by atoms with Crippen molar-refractivity contribution in [3.05, 3.63) is 46.0 Å². The lowest BCUT2D eigenvalue weighted by Crippen LogP contribution is -2.02. The second-order valence-corrected chi connectivity index (χ2v) is 5.85. The topological polar surface area (TPSA) is 194 Å². The zero-order chi connectivity index (χ0) is 21.4. The summed E-state index contributed by atoms with van der Waals surface area (Å²) in [7, 11) is 0. The van der Waals surface area contributed by atoms with Crippen molar-refractivity contribution in [3.63, 3.8) is 0 Å². The van der Waals surface area contributed by atoms with Crippen LogP contribution in [0.4, 0.5) is 0 Å². The van der Waals surface area contributed by atoms with Gasteiger partial charge in [-0.15, -0.1) is 0 Å². The van der Waals surface area contributed by atoms with Gasteiger partial charge in [0, 0.05) is 10.8 Å². The van der Waals surface area contributed by atoms with Crippen molar-refractivity contribution >= 4 is 32.8 Å². The van der Waals surface area contributed by atoms with Crippen LogP contribution in [-0.4, -0.2) is 19.9 Å². The van der Waals surface area contributed by atoms with Gasteiger partial charge in [0.15, 0.2) is 22.8 Å². The van der Waals surface area contributed by atoms with Gasteiger partial charge in [-0.3, -0.25) is 0 Å². The Balaban J connectivity index is 2.42. The molecule has 3 aromatic heterocycles. The summed E-state index contributed by atoms with van der Waals surface area (Å²) in [6.07, 6.45) is 0. The number of hydrogen-bond donors (Lipinski definition) is 0. The van der Waals surface area contributed by atoms with Crippen LogP contribution >= 0.6 is 0 Å². The van der Waals surface area contributed by atoms with Crippen LogP contribution in [0, 0.1) is 68.0 Å². The molecule has 4 aromatic rings. The summed E-state index contributed by atoms with van der Waals surface area (Å²) in [5.41, 5.74) is -0.353. The van der Waals surface area contributed by atoms with E-state index in [1.54, 1.807) is 12.1 Å². The highest BCUT2D eigenvalue weighted by atomic mass is 14.9. The van der Waals surface area contributed by atoms with E-state index in [9.17, 15) is 31.6 Å². The smallest absolute Gasteiger partial charge is 0.177 e. The van der Waals surface area contributed by atoms with Gasteiger partial charge < -0.3 is 0 Å². The zero-order valence-corrected chi connectivity index (χ0v) is 14.6. The minimum Gasteiger partial charge on any atom is -0.233 e. The molecule has 0 spiro atoms. The molecular weight excluding hydrogens is 380 g/mol. The molecule has 0 saturated heterocycles. The third-order valence-corrected chi connectivity index (χ3v) is 4.34. The molecule has 0 unspecified atom stereocenters. The Morgan fingerprint density at radius 1 is 0.433 bits per heavy atom. The molecule has 3 heterocycles. The molecule has 10 heteroatoms. The Labute approximate surface area is 167 Å². The van der Waals surface area contributed by atoms with E-state index < -0.39 is 0 Å². The Morgan fingerprint density at radius 3 is 1.07 bits per heavy atom. The molecule has 0 aliphatic carbocycles. The summed E-state index contributed by atoms with van der Waals surface area (Å²) >= 11 is 0. The third-order valence-electron chi connectivity index (χ3n) is 4.34. The average Bonchev–Trinajstić information content (AvgIpc) is 2.81. The van der Waals surface area contributed by atoms with Gasteiger partial charge in [-0.1, -0.05) is 0 Å².